The first-order chi connectivity index (χ1) is 8.95. The molecule has 0 fully saturated rings. The van der Waals surface area contributed by atoms with E-state index in [0.29, 0.717) is 6.54 Å². The Morgan fingerprint density at radius 1 is 1.45 bits per heavy atom. The number of halogens is 2. The number of nitrogens with two attached hydrogens (primary N) is 1. The quantitative estimate of drug-likeness (QED) is 0.874. The molecule has 1 rings (SSSR count). The average molecular weight is 305 g/mol. The van der Waals surface area contributed by atoms with Gasteiger partial charge in [-0.25, -0.2) is 4.39 Å². The van der Waals surface area contributed by atoms with Crippen LogP contribution in [0.5, 0.6) is 0 Å². The Morgan fingerprint density at radius 2 is 2.10 bits per heavy atom. The van der Waals surface area contributed by atoms with Gasteiger partial charge in [0.1, 0.15) is 11.9 Å². The minimum absolute atomic E-state index is 0. The molecule has 0 bridgehead atoms. The Balaban J connectivity index is 0.00000361. The van der Waals surface area contributed by atoms with E-state index in [0.717, 1.165) is 5.56 Å². The van der Waals surface area contributed by atoms with Gasteiger partial charge in [-0.15, -0.1) is 12.4 Å². The van der Waals surface area contributed by atoms with Gasteiger partial charge >= 0.3 is 0 Å². The van der Waals surface area contributed by atoms with Crippen molar-refractivity contribution in [2.24, 2.45) is 5.73 Å². The van der Waals surface area contributed by atoms with E-state index < -0.39 is 6.04 Å². The second kappa shape index (κ2) is 8.89. The number of hydrogen-bond donors (Lipinski definition) is 1. The van der Waals surface area contributed by atoms with Crippen molar-refractivity contribution in [3.8, 4) is 0 Å². The van der Waals surface area contributed by atoms with Crippen molar-refractivity contribution in [1.82, 2.24) is 4.90 Å². The van der Waals surface area contributed by atoms with Gasteiger partial charge in [0.15, 0.2) is 0 Å². The maximum absolute atomic E-state index is 13.2. The van der Waals surface area contributed by atoms with Crippen molar-refractivity contribution in [2.75, 3.05) is 13.7 Å². The molecular formula is C14H22ClFN2O2. The molecule has 1 aromatic carbocycles. The van der Waals surface area contributed by atoms with Gasteiger partial charge in [-0.2, -0.15) is 0 Å². The minimum atomic E-state index is -0.694. The summed E-state index contributed by atoms with van der Waals surface area (Å²) in [6, 6.07) is 5.50. The Kier molecular flexibility index (Phi) is 8.37. The highest BCUT2D eigenvalue weighted by molar-refractivity contribution is 5.85. The molecule has 20 heavy (non-hydrogen) atoms. The minimum Gasteiger partial charge on any atom is -0.383 e. The Hall–Kier alpha value is -1.17. The van der Waals surface area contributed by atoms with Gasteiger partial charge in [0.05, 0.1) is 6.61 Å². The van der Waals surface area contributed by atoms with Crippen LogP contribution in [0.2, 0.25) is 0 Å². The molecule has 0 heterocycles. The van der Waals surface area contributed by atoms with Crippen LogP contribution >= 0.6 is 12.4 Å². The van der Waals surface area contributed by atoms with Crippen molar-refractivity contribution in [1.29, 1.82) is 0 Å². The lowest BCUT2D eigenvalue weighted by Gasteiger charge is -2.29. The molecule has 1 aromatic rings. The Morgan fingerprint density at radius 3 is 2.60 bits per heavy atom. The number of hydrogen-bond acceptors (Lipinski definition) is 3. The smallest absolute Gasteiger partial charge is 0.242 e. The maximum Gasteiger partial charge on any atom is 0.242 e. The Bertz CT molecular complexity index is 429. The first-order valence-electron chi connectivity index (χ1n) is 6.25. The van der Waals surface area contributed by atoms with E-state index in [1.165, 1.54) is 19.2 Å². The van der Waals surface area contributed by atoms with E-state index in [4.69, 9.17) is 10.5 Å². The highest BCUT2D eigenvalue weighted by atomic mass is 35.5. The van der Waals surface area contributed by atoms with Gasteiger partial charge in [0, 0.05) is 19.7 Å². The zero-order valence-corrected chi connectivity index (χ0v) is 12.8. The van der Waals surface area contributed by atoms with Gasteiger partial charge in [0.25, 0.3) is 0 Å². The van der Waals surface area contributed by atoms with Gasteiger partial charge in [0.2, 0.25) is 5.91 Å². The zero-order chi connectivity index (χ0) is 14.4. The van der Waals surface area contributed by atoms with Crippen LogP contribution in [0.4, 0.5) is 4.39 Å². The summed E-state index contributed by atoms with van der Waals surface area (Å²) in [6.45, 7) is 4.31. The number of benzene rings is 1. The molecule has 114 valence electrons. The van der Waals surface area contributed by atoms with E-state index >= 15 is 0 Å². The van der Waals surface area contributed by atoms with Crippen molar-refractivity contribution in [2.45, 2.75) is 32.5 Å². The van der Waals surface area contributed by atoms with Crippen LogP contribution in [-0.2, 0) is 16.1 Å². The van der Waals surface area contributed by atoms with Crippen LogP contribution in [0, 0.1) is 5.82 Å². The number of carbonyl (C=O) groups excluding carboxylic acids is 1. The van der Waals surface area contributed by atoms with Crippen LogP contribution in [0.3, 0.4) is 0 Å². The SMILES string of the molecule is COCC(N)C(=O)N(Cc1cccc(F)c1)C(C)C.Cl. The van der Waals surface area contributed by atoms with Crippen LogP contribution in [0.25, 0.3) is 0 Å². The van der Waals surface area contributed by atoms with E-state index in [9.17, 15) is 9.18 Å². The molecule has 2 N–H and O–H groups in total. The van der Waals surface area contributed by atoms with Gasteiger partial charge in [-0.3, -0.25) is 4.79 Å². The fraction of sp³-hybridized carbons (Fsp3) is 0.500. The summed E-state index contributed by atoms with van der Waals surface area (Å²) < 4.78 is 18.0. The van der Waals surface area contributed by atoms with E-state index in [-0.39, 0.29) is 36.8 Å². The normalized spacial score (nSPS) is 11.9. The molecule has 6 heteroatoms. The summed E-state index contributed by atoms with van der Waals surface area (Å²) >= 11 is 0. The second-order valence-corrected chi connectivity index (χ2v) is 4.75. The molecule has 1 atom stereocenters. The van der Waals surface area contributed by atoms with Crippen LogP contribution in [-0.4, -0.2) is 36.6 Å². The first-order valence-corrected chi connectivity index (χ1v) is 6.25. The molecule has 1 unspecified atom stereocenters. The highest BCUT2D eigenvalue weighted by Crippen LogP contribution is 2.11. The molecule has 4 nitrogen and oxygen atoms in total. The molecule has 0 spiro atoms. The standard InChI is InChI=1S/C14H21FN2O2.ClH/c1-10(2)17(14(18)13(16)9-19-3)8-11-5-4-6-12(15)7-11;/h4-7,10,13H,8-9,16H2,1-3H3;1H. The third kappa shape index (κ3) is 5.45. The van der Waals surface area contributed by atoms with Gasteiger partial charge in [-0.1, -0.05) is 12.1 Å². The van der Waals surface area contributed by atoms with Crippen molar-refractivity contribution < 1.29 is 13.9 Å². The number of amides is 1. The second-order valence-electron chi connectivity index (χ2n) is 4.75. The molecule has 0 aliphatic rings. The first kappa shape index (κ1) is 18.8. The molecule has 1 amide bonds. The third-order valence-electron chi connectivity index (χ3n) is 2.81. The molecule has 0 aliphatic carbocycles. The Labute approximate surface area is 125 Å². The predicted molar refractivity (Wildman–Crippen MR) is 79.2 cm³/mol. The molecule has 0 aromatic heterocycles. The van der Waals surface area contributed by atoms with Crippen molar-refractivity contribution in [3.63, 3.8) is 0 Å². The lowest BCUT2D eigenvalue weighted by atomic mass is 10.1. The number of ether oxygens (including phenoxy) is 1. The molecule has 0 aliphatic heterocycles. The van der Waals surface area contributed by atoms with Crippen LogP contribution in [0.15, 0.2) is 24.3 Å². The summed E-state index contributed by atoms with van der Waals surface area (Å²) in [7, 11) is 1.50. The third-order valence-corrected chi connectivity index (χ3v) is 2.81. The average Bonchev–Trinajstić information content (AvgIpc) is 2.35. The van der Waals surface area contributed by atoms with E-state index in [1.54, 1.807) is 17.0 Å². The van der Waals surface area contributed by atoms with E-state index in [1.807, 2.05) is 13.8 Å². The topological polar surface area (TPSA) is 55.6 Å². The number of nitrogens with zero attached hydrogens (tertiary/aromatic N) is 1. The monoisotopic (exact) mass is 304 g/mol. The van der Waals surface area contributed by atoms with Gasteiger partial charge < -0.3 is 15.4 Å². The van der Waals surface area contributed by atoms with Crippen molar-refractivity contribution in [3.05, 3.63) is 35.6 Å². The summed E-state index contributed by atoms with van der Waals surface area (Å²) in [4.78, 5) is 13.8. The lowest BCUT2D eigenvalue weighted by molar-refractivity contribution is -0.136. The number of methoxy groups -OCH3 is 1. The molecule has 0 saturated carbocycles. The zero-order valence-electron chi connectivity index (χ0n) is 12.0. The predicted octanol–water partition coefficient (Wildman–Crippen LogP) is 1.96. The maximum atomic E-state index is 13.2. The fourth-order valence-electron chi connectivity index (χ4n) is 1.81. The number of rotatable bonds is 6. The number of carbonyl (C=O) groups is 1. The highest BCUT2D eigenvalue weighted by Gasteiger charge is 2.23. The molecule has 0 radical (unpaired) electrons. The van der Waals surface area contributed by atoms with Crippen molar-refractivity contribution >= 4 is 18.3 Å². The summed E-state index contributed by atoms with van der Waals surface area (Å²) in [6.07, 6.45) is 0. The summed E-state index contributed by atoms with van der Waals surface area (Å²) in [5, 5.41) is 0. The van der Waals surface area contributed by atoms with Crippen LogP contribution in [0.1, 0.15) is 19.4 Å². The molecule has 0 saturated heterocycles. The lowest BCUT2D eigenvalue weighted by Crippen LogP contribution is -2.48. The summed E-state index contributed by atoms with van der Waals surface area (Å²) in [5.41, 5.74) is 6.50. The van der Waals surface area contributed by atoms with Crippen LogP contribution < -0.4 is 5.73 Å². The molecular weight excluding hydrogens is 283 g/mol. The van der Waals surface area contributed by atoms with E-state index in [2.05, 4.69) is 0 Å². The summed E-state index contributed by atoms with van der Waals surface area (Å²) in [5.74, 6) is -0.504. The largest absolute Gasteiger partial charge is 0.383 e. The van der Waals surface area contributed by atoms with Gasteiger partial charge in [-0.05, 0) is 31.5 Å². The fourth-order valence-corrected chi connectivity index (χ4v) is 1.81.